The van der Waals surface area contributed by atoms with E-state index in [1.165, 1.54) is 0 Å². The summed E-state index contributed by atoms with van der Waals surface area (Å²) in [4.78, 5) is 16.4. The zero-order valence-corrected chi connectivity index (χ0v) is 19.0. The summed E-state index contributed by atoms with van der Waals surface area (Å²) in [5.74, 6) is 0.0799. The fourth-order valence-corrected chi connectivity index (χ4v) is 4.68. The van der Waals surface area contributed by atoms with Crippen molar-refractivity contribution in [3.63, 3.8) is 0 Å². The lowest BCUT2D eigenvalue weighted by Crippen LogP contribution is -2.49. The van der Waals surface area contributed by atoms with Gasteiger partial charge in [0.25, 0.3) is 5.91 Å². The molecule has 0 saturated carbocycles. The minimum absolute atomic E-state index is 0.0799. The molecule has 0 spiro atoms. The number of fused-ring (bicyclic) bond motifs is 1. The number of hydrazine groups is 1. The highest BCUT2D eigenvalue weighted by atomic mass is 35.5. The van der Waals surface area contributed by atoms with Crippen molar-refractivity contribution in [1.82, 2.24) is 9.91 Å². The highest BCUT2D eigenvalue weighted by Crippen LogP contribution is 2.48. The maximum absolute atomic E-state index is 14.2. The van der Waals surface area contributed by atoms with Crippen LogP contribution in [0.15, 0.2) is 78.9 Å². The minimum Gasteiger partial charge on any atom is -0.309 e. The van der Waals surface area contributed by atoms with Gasteiger partial charge in [0.2, 0.25) is 0 Å². The molecule has 160 valence electrons. The van der Waals surface area contributed by atoms with Gasteiger partial charge in [0, 0.05) is 18.6 Å². The van der Waals surface area contributed by atoms with Crippen LogP contribution in [0.2, 0.25) is 5.02 Å². The number of nitrogens with zero attached hydrogens (tertiary/aromatic N) is 3. The number of para-hydroxylation sites is 1. The topological polar surface area (TPSA) is 26.8 Å². The van der Waals surface area contributed by atoms with E-state index in [4.69, 9.17) is 11.6 Å². The number of carbonyl (C=O) groups is 1. The summed E-state index contributed by atoms with van der Waals surface area (Å²) in [6, 6.07) is 26.1. The van der Waals surface area contributed by atoms with Crippen LogP contribution in [-0.2, 0) is 16.8 Å². The van der Waals surface area contributed by atoms with Gasteiger partial charge in [-0.3, -0.25) is 4.79 Å². The Bertz CT molecular complexity index is 1070. The molecule has 4 rings (SSSR count). The zero-order valence-electron chi connectivity index (χ0n) is 18.3. The third-order valence-electron chi connectivity index (χ3n) is 6.05. The Hall–Kier alpha value is -2.66. The van der Waals surface area contributed by atoms with Gasteiger partial charge in [-0.05, 0) is 55.9 Å². The van der Waals surface area contributed by atoms with E-state index in [-0.39, 0.29) is 5.91 Å². The summed E-state index contributed by atoms with van der Waals surface area (Å²) in [6.45, 7) is 1.34. The maximum atomic E-state index is 14.2. The molecule has 4 nitrogen and oxygen atoms in total. The van der Waals surface area contributed by atoms with Crippen LogP contribution in [0.4, 0.5) is 5.69 Å². The van der Waals surface area contributed by atoms with E-state index in [0.29, 0.717) is 18.0 Å². The summed E-state index contributed by atoms with van der Waals surface area (Å²) < 4.78 is 0. The summed E-state index contributed by atoms with van der Waals surface area (Å²) in [5, 5.41) is 4.51. The number of halogens is 1. The van der Waals surface area contributed by atoms with E-state index in [0.717, 1.165) is 28.9 Å². The number of hydrogen-bond acceptors (Lipinski definition) is 3. The lowest BCUT2D eigenvalue weighted by Gasteiger charge is -2.33. The fourth-order valence-electron chi connectivity index (χ4n) is 4.49. The van der Waals surface area contributed by atoms with Gasteiger partial charge in [-0.15, -0.1) is 0 Å². The van der Waals surface area contributed by atoms with E-state index < -0.39 is 5.41 Å². The third kappa shape index (κ3) is 3.87. The molecule has 1 amide bonds. The minimum atomic E-state index is -0.725. The van der Waals surface area contributed by atoms with Crippen molar-refractivity contribution < 1.29 is 4.79 Å². The van der Waals surface area contributed by atoms with E-state index in [1.807, 2.05) is 91.8 Å². The summed E-state index contributed by atoms with van der Waals surface area (Å²) in [6.07, 6.45) is 0.705. The van der Waals surface area contributed by atoms with Crippen molar-refractivity contribution in [2.45, 2.75) is 18.4 Å². The molecular weight excluding hydrogens is 406 g/mol. The van der Waals surface area contributed by atoms with Gasteiger partial charge in [0.1, 0.15) is 5.41 Å². The number of hydrogen-bond donors (Lipinski definition) is 0. The van der Waals surface area contributed by atoms with E-state index >= 15 is 0 Å². The smallest absolute Gasteiger partial charge is 0.256 e. The first kappa shape index (κ1) is 21.6. The van der Waals surface area contributed by atoms with Crippen molar-refractivity contribution in [3.05, 3.63) is 101 Å². The zero-order chi connectivity index (χ0) is 22.0. The standard InChI is InChI=1S/C26H28ClN3O/c1-28(2)18-17-26(21-12-5-4-6-13-21)22-14-8-10-16-24(22)30(25(26)31)29(3)19-20-11-7-9-15-23(20)27/h4-16H,17-19H2,1-3H3/t26-/m1/s1. The highest BCUT2D eigenvalue weighted by molar-refractivity contribution is 6.31. The van der Waals surface area contributed by atoms with Crippen LogP contribution < -0.4 is 5.01 Å². The molecule has 0 aliphatic carbocycles. The molecule has 0 bridgehead atoms. The second kappa shape index (κ2) is 8.83. The van der Waals surface area contributed by atoms with Crippen LogP contribution in [0.25, 0.3) is 0 Å². The molecule has 0 saturated heterocycles. The van der Waals surface area contributed by atoms with Gasteiger partial charge < -0.3 is 4.90 Å². The number of rotatable bonds is 7. The average Bonchev–Trinajstić information content (AvgIpc) is 3.03. The molecule has 0 N–H and O–H groups in total. The van der Waals surface area contributed by atoms with Gasteiger partial charge in [-0.1, -0.05) is 78.3 Å². The molecule has 1 aliphatic rings. The second-order valence-electron chi connectivity index (χ2n) is 8.37. The van der Waals surface area contributed by atoms with Crippen LogP contribution in [0.5, 0.6) is 0 Å². The van der Waals surface area contributed by atoms with Gasteiger partial charge in [-0.2, -0.15) is 0 Å². The Balaban J connectivity index is 1.81. The molecule has 0 fully saturated rings. The van der Waals surface area contributed by atoms with Crippen molar-refractivity contribution in [2.75, 3.05) is 32.7 Å². The Kier molecular flexibility index (Phi) is 6.15. The molecule has 5 heteroatoms. The van der Waals surface area contributed by atoms with Crippen LogP contribution in [-0.4, -0.2) is 43.5 Å². The summed E-state index contributed by atoms with van der Waals surface area (Å²) >= 11 is 6.41. The quantitative estimate of drug-likeness (QED) is 0.526. The monoisotopic (exact) mass is 433 g/mol. The first-order valence-corrected chi connectivity index (χ1v) is 10.9. The number of benzene rings is 3. The molecule has 0 radical (unpaired) electrons. The summed E-state index contributed by atoms with van der Waals surface area (Å²) in [7, 11) is 6.04. The van der Waals surface area contributed by atoms with Crippen molar-refractivity contribution in [3.8, 4) is 0 Å². The molecule has 1 aliphatic heterocycles. The Morgan fingerprint density at radius 2 is 1.52 bits per heavy atom. The highest BCUT2D eigenvalue weighted by Gasteiger charge is 2.52. The molecule has 3 aromatic rings. The normalized spacial score (nSPS) is 18.1. The lowest BCUT2D eigenvalue weighted by molar-refractivity contribution is -0.124. The van der Waals surface area contributed by atoms with E-state index in [9.17, 15) is 4.79 Å². The number of anilines is 1. The molecule has 1 atom stereocenters. The third-order valence-corrected chi connectivity index (χ3v) is 6.42. The molecular formula is C26H28ClN3O. The number of carbonyl (C=O) groups excluding carboxylic acids is 1. The average molecular weight is 434 g/mol. The van der Waals surface area contributed by atoms with Crippen LogP contribution >= 0.6 is 11.6 Å². The summed E-state index contributed by atoms with van der Waals surface area (Å²) in [5.41, 5.74) is 3.28. The molecule has 0 aromatic heterocycles. The van der Waals surface area contributed by atoms with Crippen molar-refractivity contribution >= 4 is 23.2 Å². The number of amides is 1. The fraction of sp³-hybridized carbons (Fsp3) is 0.269. The second-order valence-corrected chi connectivity index (χ2v) is 8.77. The predicted octanol–water partition coefficient (Wildman–Crippen LogP) is 4.97. The Labute approximate surface area is 189 Å². The van der Waals surface area contributed by atoms with Crippen molar-refractivity contribution in [1.29, 1.82) is 0 Å². The van der Waals surface area contributed by atoms with Crippen LogP contribution in [0.3, 0.4) is 0 Å². The van der Waals surface area contributed by atoms with E-state index in [1.54, 1.807) is 0 Å². The maximum Gasteiger partial charge on any atom is 0.256 e. The Morgan fingerprint density at radius 3 is 2.23 bits per heavy atom. The molecule has 3 aromatic carbocycles. The Morgan fingerprint density at radius 1 is 0.871 bits per heavy atom. The molecule has 1 heterocycles. The van der Waals surface area contributed by atoms with Gasteiger partial charge in [0.05, 0.1) is 5.69 Å². The largest absolute Gasteiger partial charge is 0.309 e. The SMILES string of the molecule is CN(C)CC[C@]1(c2ccccc2)C(=O)N(N(C)Cc2ccccc2Cl)c2ccccc21. The van der Waals surface area contributed by atoms with Gasteiger partial charge >= 0.3 is 0 Å². The lowest BCUT2D eigenvalue weighted by atomic mass is 9.73. The van der Waals surface area contributed by atoms with Gasteiger partial charge in [0.15, 0.2) is 0 Å². The van der Waals surface area contributed by atoms with E-state index in [2.05, 4.69) is 23.1 Å². The molecule has 0 unspecified atom stereocenters. The van der Waals surface area contributed by atoms with Gasteiger partial charge in [-0.25, -0.2) is 10.0 Å². The molecule has 31 heavy (non-hydrogen) atoms. The first-order valence-electron chi connectivity index (χ1n) is 10.5. The van der Waals surface area contributed by atoms with Crippen LogP contribution in [0.1, 0.15) is 23.1 Å². The van der Waals surface area contributed by atoms with Crippen LogP contribution in [0, 0.1) is 0 Å². The predicted molar refractivity (Wildman–Crippen MR) is 127 cm³/mol. The van der Waals surface area contributed by atoms with Crippen molar-refractivity contribution in [2.24, 2.45) is 0 Å². The first-order chi connectivity index (χ1) is 14.9.